The topological polar surface area (TPSA) is 108 Å². The summed E-state index contributed by atoms with van der Waals surface area (Å²) in [5.41, 5.74) is 2.66. The van der Waals surface area contributed by atoms with Crippen LogP contribution in [-0.2, 0) is 4.79 Å². The van der Waals surface area contributed by atoms with Gasteiger partial charge in [-0.3, -0.25) is 9.59 Å². The number of anilines is 2. The van der Waals surface area contributed by atoms with Gasteiger partial charge in [-0.25, -0.2) is 4.98 Å². The van der Waals surface area contributed by atoms with Gasteiger partial charge in [0.05, 0.1) is 39.4 Å². The number of nitrogens with one attached hydrogen (secondary N) is 2. The van der Waals surface area contributed by atoms with Gasteiger partial charge >= 0.3 is 0 Å². The molecule has 0 aliphatic carbocycles. The minimum atomic E-state index is -0.374. The predicted octanol–water partition coefficient (Wildman–Crippen LogP) is 6.22. The first kappa shape index (κ1) is 28.8. The summed E-state index contributed by atoms with van der Waals surface area (Å²) < 4.78 is 21.1. The van der Waals surface area contributed by atoms with Crippen LogP contribution in [0.1, 0.15) is 17.3 Å². The van der Waals surface area contributed by atoms with Gasteiger partial charge in [0.25, 0.3) is 5.91 Å². The summed E-state index contributed by atoms with van der Waals surface area (Å²) in [7, 11) is 6.22. The number of amides is 2. The highest BCUT2D eigenvalue weighted by Gasteiger charge is 2.17. The van der Waals surface area contributed by atoms with E-state index in [9.17, 15) is 9.59 Å². The Morgan fingerprint density at radius 3 is 2.08 bits per heavy atom. The van der Waals surface area contributed by atoms with Gasteiger partial charge in [-0.2, -0.15) is 0 Å². The summed E-state index contributed by atoms with van der Waals surface area (Å²) in [6.45, 7) is 1.83. The highest BCUT2D eigenvalue weighted by molar-refractivity contribution is 8.00. The van der Waals surface area contributed by atoms with Crippen molar-refractivity contribution in [2.75, 3.05) is 39.1 Å². The molecule has 1 heterocycles. The Morgan fingerprint density at radius 2 is 1.43 bits per heavy atom. The maximum absolute atomic E-state index is 12.8. The third kappa shape index (κ3) is 6.85. The van der Waals surface area contributed by atoms with Crippen LogP contribution in [0.3, 0.4) is 0 Å². The van der Waals surface area contributed by atoms with E-state index in [1.54, 1.807) is 51.7 Å². The van der Waals surface area contributed by atoms with Gasteiger partial charge in [-0.05, 0) is 67.6 Å². The van der Waals surface area contributed by atoms with Gasteiger partial charge < -0.3 is 29.6 Å². The molecule has 11 heteroatoms. The van der Waals surface area contributed by atoms with E-state index < -0.39 is 0 Å². The molecular formula is C29H29N3O6S2. The molecule has 4 rings (SSSR count). The molecule has 1 aromatic heterocycles. The molecule has 40 heavy (non-hydrogen) atoms. The SMILES string of the molecule is COc1ccc(C(=O)Nc2ccc(SC(C)C(=O)Nc3nc(-c4ccc(OC)c(OC)c4)cs3)cc2)cc1OC. The average Bonchev–Trinajstić information content (AvgIpc) is 3.45. The van der Waals surface area contributed by atoms with Crippen LogP contribution in [0.5, 0.6) is 23.0 Å². The number of carbonyl (C=O) groups excluding carboxylic acids is 2. The second-order valence-electron chi connectivity index (χ2n) is 8.41. The van der Waals surface area contributed by atoms with Crippen LogP contribution in [0.15, 0.2) is 70.9 Å². The largest absolute Gasteiger partial charge is 0.493 e. The van der Waals surface area contributed by atoms with Crippen molar-refractivity contribution in [3.63, 3.8) is 0 Å². The molecule has 0 spiro atoms. The van der Waals surface area contributed by atoms with E-state index >= 15 is 0 Å². The Balaban J connectivity index is 1.33. The van der Waals surface area contributed by atoms with E-state index in [-0.39, 0.29) is 17.1 Å². The van der Waals surface area contributed by atoms with E-state index in [2.05, 4.69) is 15.6 Å². The Hall–Kier alpha value is -4.22. The fourth-order valence-corrected chi connectivity index (χ4v) is 5.31. The van der Waals surface area contributed by atoms with Crippen molar-refractivity contribution in [1.29, 1.82) is 0 Å². The van der Waals surface area contributed by atoms with Gasteiger partial charge in [0.2, 0.25) is 5.91 Å². The number of nitrogens with zero attached hydrogens (tertiary/aromatic N) is 1. The molecule has 0 saturated carbocycles. The second-order valence-corrected chi connectivity index (χ2v) is 10.7. The summed E-state index contributed by atoms with van der Waals surface area (Å²) in [5, 5.41) is 7.77. The molecule has 2 amide bonds. The molecule has 3 aromatic carbocycles. The van der Waals surface area contributed by atoms with Crippen molar-refractivity contribution >= 4 is 45.7 Å². The Labute approximate surface area is 240 Å². The van der Waals surface area contributed by atoms with Crippen LogP contribution in [0.2, 0.25) is 0 Å². The molecule has 1 unspecified atom stereocenters. The number of benzene rings is 3. The number of aromatic nitrogens is 1. The quantitative estimate of drug-likeness (QED) is 0.202. The molecule has 0 aliphatic heterocycles. The van der Waals surface area contributed by atoms with E-state index in [0.717, 1.165) is 16.2 Å². The molecular weight excluding hydrogens is 550 g/mol. The van der Waals surface area contributed by atoms with Gasteiger partial charge in [-0.1, -0.05) is 0 Å². The molecule has 0 saturated heterocycles. The zero-order chi connectivity index (χ0) is 28.6. The van der Waals surface area contributed by atoms with E-state index in [1.165, 1.54) is 30.2 Å². The third-order valence-corrected chi connectivity index (χ3v) is 7.72. The average molecular weight is 580 g/mol. The number of rotatable bonds is 11. The van der Waals surface area contributed by atoms with Crippen LogP contribution >= 0.6 is 23.1 Å². The van der Waals surface area contributed by atoms with Crippen LogP contribution < -0.4 is 29.6 Å². The summed E-state index contributed by atoms with van der Waals surface area (Å²) in [4.78, 5) is 31.0. The van der Waals surface area contributed by atoms with E-state index in [1.807, 2.05) is 42.6 Å². The summed E-state index contributed by atoms with van der Waals surface area (Å²) in [6, 6.07) is 17.8. The molecule has 0 aliphatic rings. The molecule has 0 radical (unpaired) electrons. The number of ether oxygens (including phenoxy) is 4. The second kappa shape index (κ2) is 13.2. The summed E-state index contributed by atoms with van der Waals surface area (Å²) in [6.07, 6.45) is 0. The standard InChI is InChI=1S/C29H29N3O6S2/c1-17(27(33)32-29-31-22(16-39-29)18-6-12-23(35-2)25(14-18)37-4)40-21-10-8-20(9-11-21)30-28(34)19-7-13-24(36-3)26(15-19)38-5/h6-17H,1-5H3,(H,30,34)(H,31,32,33). The monoisotopic (exact) mass is 579 g/mol. The van der Waals surface area contributed by atoms with Crippen molar-refractivity contribution < 1.29 is 28.5 Å². The van der Waals surface area contributed by atoms with Gasteiger partial charge in [0.15, 0.2) is 28.1 Å². The van der Waals surface area contributed by atoms with Crippen LogP contribution in [0.25, 0.3) is 11.3 Å². The Morgan fingerprint density at radius 1 is 0.800 bits per heavy atom. The third-order valence-electron chi connectivity index (χ3n) is 5.85. The van der Waals surface area contributed by atoms with E-state index in [0.29, 0.717) is 39.4 Å². The molecule has 9 nitrogen and oxygen atoms in total. The fourth-order valence-electron chi connectivity index (χ4n) is 3.72. The Kier molecular flexibility index (Phi) is 9.52. The summed E-state index contributed by atoms with van der Waals surface area (Å²) in [5.74, 6) is 1.83. The highest BCUT2D eigenvalue weighted by atomic mass is 32.2. The predicted molar refractivity (Wildman–Crippen MR) is 159 cm³/mol. The lowest BCUT2D eigenvalue weighted by molar-refractivity contribution is -0.115. The zero-order valence-electron chi connectivity index (χ0n) is 22.6. The van der Waals surface area contributed by atoms with Crippen molar-refractivity contribution in [1.82, 2.24) is 4.98 Å². The highest BCUT2D eigenvalue weighted by Crippen LogP contribution is 2.34. The molecule has 0 bridgehead atoms. The first-order chi connectivity index (χ1) is 19.3. The number of hydrogen-bond donors (Lipinski definition) is 2. The number of thiazole rings is 1. The molecule has 4 aromatic rings. The maximum atomic E-state index is 12.8. The van der Waals surface area contributed by atoms with E-state index in [4.69, 9.17) is 18.9 Å². The minimum Gasteiger partial charge on any atom is -0.493 e. The van der Waals surface area contributed by atoms with Crippen molar-refractivity contribution in [2.45, 2.75) is 17.1 Å². The van der Waals surface area contributed by atoms with Crippen LogP contribution in [-0.4, -0.2) is 50.5 Å². The number of carbonyl (C=O) groups is 2. The molecule has 0 fully saturated rings. The van der Waals surface area contributed by atoms with Crippen LogP contribution in [0, 0.1) is 0 Å². The van der Waals surface area contributed by atoms with Gasteiger partial charge in [-0.15, -0.1) is 23.1 Å². The minimum absolute atomic E-state index is 0.163. The molecule has 1 atom stereocenters. The van der Waals surface area contributed by atoms with Crippen molar-refractivity contribution in [3.05, 3.63) is 71.6 Å². The lowest BCUT2D eigenvalue weighted by atomic mass is 10.1. The maximum Gasteiger partial charge on any atom is 0.255 e. The number of thioether (sulfide) groups is 1. The molecule has 208 valence electrons. The number of hydrogen-bond acceptors (Lipinski definition) is 9. The fraction of sp³-hybridized carbons (Fsp3) is 0.207. The van der Waals surface area contributed by atoms with Crippen LogP contribution in [0.4, 0.5) is 10.8 Å². The first-order valence-corrected chi connectivity index (χ1v) is 13.9. The van der Waals surface area contributed by atoms with Gasteiger partial charge in [0, 0.05) is 27.1 Å². The Bertz CT molecular complexity index is 1490. The van der Waals surface area contributed by atoms with Crippen molar-refractivity contribution in [3.8, 4) is 34.3 Å². The lowest BCUT2D eigenvalue weighted by Crippen LogP contribution is -2.22. The summed E-state index contributed by atoms with van der Waals surface area (Å²) >= 11 is 2.76. The van der Waals surface area contributed by atoms with Crippen molar-refractivity contribution in [2.24, 2.45) is 0 Å². The molecule has 2 N–H and O–H groups in total. The number of methoxy groups -OCH3 is 4. The normalized spacial score (nSPS) is 11.3. The first-order valence-electron chi connectivity index (χ1n) is 12.1. The lowest BCUT2D eigenvalue weighted by Gasteiger charge is -2.12. The van der Waals surface area contributed by atoms with Gasteiger partial charge in [0.1, 0.15) is 0 Å². The smallest absolute Gasteiger partial charge is 0.255 e. The zero-order valence-corrected chi connectivity index (χ0v) is 24.3.